The van der Waals surface area contributed by atoms with Crippen LogP contribution >= 0.6 is 0 Å². The molecule has 6 aromatic rings. The molecule has 4 aromatic heterocycles. The van der Waals surface area contributed by atoms with Gasteiger partial charge in [0, 0.05) is 37.9 Å². The highest BCUT2D eigenvalue weighted by Crippen LogP contribution is 2.29. The zero-order valence-corrected chi connectivity index (χ0v) is 27.1. The third-order valence-corrected chi connectivity index (χ3v) is 8.29. The molecule has 1 unspecified atom stereocenters. The Morgan fingerprint density at radius 3 is 2.64 bits per heavy atom. The van der Waals surface area contributed by atoms with Crippen molar-refractivity contribution in [2.75, 3.05) is 13.7 Å². The van der Waals surface area contributed by atoms with Crippen LogP contribution in [-0.2, 0) is 31.4 Å². The first-order valence-corrected chi connectivity index (χ1v) is 15.7. The maximum atomic E-state index is 15.6. The predicted octanol–water partition coefficient (Wildman–Crippen LogP) is 5.57. The number of ether oxygens (including phenoxy) is 3. The molecule has 1 saturated heterocycles. The number of nitrogens with zero attached hydrogens (tertiary/aromatic N) is 6. The van der Waals surface area contributed by atoms with E-state index in [4.69, 9.17) is 14.2 Å². The number of benzene rings is 2. The fourth-order valence-corrected chi connectivity index (χ4v) is 5.61. The molecule has 1 N–H and O–H groups in total. The molecule has 11 nitrogen and oxygen atoms in total. The normalized spacial score (nSPS) is 13.8. The Balaban J connectivity index is 1.09. The molecule has 0 amide bonds. The number of hydrogen-bond acceptors (Lipinski definition) is 8. The second-order valence-corrected chi connectivity index (χ2v) is 11.7. The number of aryl methyl sites for hydroxylation is 1. The van der Waals surface area contributed by atoms with Crippen molar-refractivity contribution in [1.29, 1.82) is 0 Å². The summed E-state index contributed by atoms with van der Waals surface area (Å²) in [4.78, 5) is 25.1. The van der Waals surface area contributed by atoms with Crippen molar-refractivity contribution < 1.29 is 32.9 Å². The van der Waals surface area contributed by atoms with E-state index in [9.17, 15) is 9.90 Å². The molecule has 1 aliphatic heterocycles. The van der Waals surface area contributed by atoms with Crippen LogP contribution in [0.15, 0.2) is 73.1 Å². The van der Waals surface area contributed by atoms with Gasteiger partial charge in [-0.05, 0) is 66.4 Å². The van der Waals surface area contributed by atoms with E-state index in [0.717, 1.165) is 24.1 Å². The van der Waals surface area contributed by atoms with Gasteiger partial charge in [-0.1, -0.05) is 12.0 Å². The number of imidazole rings is 1. The van der Waals surface area contributed by atoms with Crippen molar-refractivity contribution in [2.45, 2.75) is 32.1 Å². The zero-order valence-electron chi connectivity index (χ0n) is 27.1. The highest BCUT2D eigenvalue weighted by molar-refractivity contribution is 5.92. The van der Waals surface area contributed by atoms with Crippen molar-refractivity contribution in [3.05, 3.63) is 118 Å². The van der Waals surface area contributed by atoms with Gasteiger partial charge >= 0.3 is 5.97 Å². The lowest BCUT2D eigenvalue weighted by Crippen LogP contribution is -2.31. The quantitative estimate of drug-likeness (QED) is 0.185. The maximum Gasteiger partial charge on any atom is 0.335 e. The summed E-state index contributed by atoms with van der Waals surface area (Å²) >= 11 is 0. The van der Waals surface area contributed by atoms with Crippen LogP contribution < -0.4 is 9.47 Å². The highest BCUT2D eigenvalue weighted by atomic mass is 19.1. The van der Waals surface area contributed by atoms with E-state index in [1.807, 2.05) is 11.6 Å². The largest absolute Gasteiger partial charge is 0.481 e. The summed E-state index contributed by atoms with van der Waals surface area (Å²) in [7, 11) is 3.31. The van der Waals surface area contributed by atoms with Gasteiger partial charge in [-0.2, -0.15) is 5.10 Å². The molecule has 2 aromatic carbocycles. The van der Waals surface area contributed by atoms with Gasteiger partial charge in [-0.25, -0.2) is 28.5 Å². The fraction of sp³-hybridized carbons (Fsp3) is 0.216. The number of halogens is 2. The topological polar surface area (TPSA) is 126 Å². The molecule has 0 aliphatic carbocycles. The summed E-state index contributed by atoms with van der Waals surface area (Å²) < 4.78 is 51.7. The molecule has 7 rings (SSSR count). The van der Waals surface area contributed by atoms with Crippen molar-refractivity contribution in [1.82, 2.24) is 29.3 Å². The Hall–Kier alpha value is -6.13. The summed E-state index contributed by atoms with van der Waals surface area (Å²) in [5.74, 6) is 4.61. The number of carboxylic acids is 1. The molecule has 0 spiro atoms. The lowest BCUT2D eigenvalue weighted by atomic mass is 10.0. The molecule has 50 heavy (non-hydrogen) atoms. The monoisotopic (exact) mass is 676 g/mol. The van der Waals surface area contributed by atoms with Crippen LogP contribution in [0.5, 0.6) is 11.8 Å². The molecule has 0 radical (unpaired) electrons. The van der Waals surface area contributed by atoms with Gasteiger partial charge < -0.3 is 23.9 Å². The molecule has 0 saturated carbocycles. The fourth-order valence-electron chi connectivity index (χ4n) is 5.61. The lowest BCUT2D eigenvalue weighted by molar-refractivity contribution is -0.0589. The van der Waals surface area contributed by atoms with E-state index in [1.165, 1.54) is 19.2 Å². The number of pyridine rings is 2. The lowest BCUT2D eigenvalue weighted by Gasteiger charge is -2.27. The van der Waals surface area contributed by atoms with Crippen LogP contribution in [-0.4, -0.2) is 60.2 Å². The maximum absolute atomic E-state index is 15.6. The molecule has 1 atom stereocenters. The van der Waals surface area contributed by atoms with Crippen LogP contribution in [0.2, 0.25) is 0 Å². The Bertz CT molecular complexity index is 2300. The van der Waals surface area contributed by atoms with E-state index >= 15 is 8.78 Å². The standard InChI is InChI=1S/C37H30F2N6O5/c1-44-19-22(18-40-44)6-9-26-10-7-24(36(41-26)48-2)21-50-35-5-3-4-31(43-35)28-17-29(38)25(14-30(28)39)16-34-42-32-11-8-23(37(46)47)15-33(32)45(34)20-27-12-13-49-27/h3-5,7-8,10-11,14-15,17-19,27H,12-13,16,20-21H2,1-2H3,(H,46,47). The van der Waals surface area contributed by atoms with Gasteiger partial charge in [-0.15, -0.1) is 0 Å². The Labute approximate surface area is 285 Å². The first kappa shape index (κ1) is 32.4. The summed E-state index contributed by atoms with van der Waals surface area (Å²) in [5.41, 5.74) is 3.41. The van der Waals surface area contributed by atoms with Crippen LogP contribution in [0, 0.1) is 23.5 Å². The Kier molecular flexibility index (Phi) is 8.93. The number of aromatic carboxylic acids is 1. The minimum absolute atomic E-state index is 0.0207. The van der Waals surface area contributed by atoms with Crippen LogP contribution in [0.25, 0.3) is 22.3 Å². The predicted molar refractivity (Wildman–Crippen MR) is 178 cm³/mol. The number of hydrogen-bond donors (Lipinski definition) is 1. The van der Waals surface area contributed by atoms with Gasteiger partial charge in [0.15, 0.2) is 0 Å². The van der Waals surface area contributed by atoms with Crippen LogP contribution in [0.4, 0.5) is 8.78 Å². The second kappa shape index (κ2) is 13.8. The molecular weight excluding hydrogens is 646 g/mol. The Morgan fingerprint density at radius 1 is 1.04 bits per heavy atom. The average molecular weight is 677 g/mol. The van der Waals surface area contributed by atoms with E-state index in [-0.39, 0.29) is 47.4 Å². The number of carbonyl (C=O) groups is 1. The van der Waals surface area contributed by atoms with Crippen molar-refractivity contribution in [2.24, 2.45) is 7.05 Å². The molecule has 5 heterocycles. The van der Waals surface area contributed by atoms with Crippen molar-refractivity contribution >= 4 is 17.0 Å². The van der Waals surface area contributed by atoms with Gasteiger partial charge in [-0.3, -0.25) is 4.68 Å². The van der Waals surface area contributed by atoms with Crippen LogP contribution in [0.1, 0.15) is 45.0 Å². The molecule has 0 bridgehead atoms. The first-order chi connectivity index (χ1) is 24.2. The zero-order chi connectivity index (χ0) is 34.8. The van der Waals surface area contributed by atoms with Gasteiger partial charge in [0.25, 0.3) is 0 Å². The summed E-state index contributed by atoms with van der Waals surface area (Å²) in [5, 5.41) is 13.6. The highest BCUT2D eigenvalue weighted by Gasteiger charge is 2.24. The average Bonchev–Trinajstić information content (AvgIpc) is 3.67. The van der Waals surface area contributed by atoms with Crippen molar-refractivity contribution in [3.8, 4) is 34.9 Å². The summed E-state index contributed by atoms with van der Waals surface area (Å²) in [6.45, 7) is 1.11. The number of rotatable bonds is 10. The molecule has 252 valence electrons. The smallest absolute Gasteiger partial charge is 0.335 e. The summed E-state index contributed by atoms with van der Waals surface area (Å²) in [6, 6.07) is 15.2. The van der Waals surface area contributed by atoms with Gasteiger partial charge in [0.05, 0.1) is 59.4 Å². The van der Waals surface area contributed by atoms with Gasteiger partial charge in [0.2, 0.25) is 11.8 Å². The van der Waals surface area contributed by atoms with Gasteiger partial charge in [0.1, 0.15) is 29.8 Å². The molecule has 1 aliphatic rings. The SMILES string of the molecule is COc1nc(C#Cc2cnn(C)c2)ccc1COc1cccc(-c2cc(F)c(Cc3nc4ccc(C(=O)O)cc4n3CC3CCO3)cc2F)n1. The summed E-state index contributed by atoms with van der Waals surface area (Å²) in [6.07, 6.45) is 4.21. The number of aromatic nitrogens is 6. The number of carboxylic acid groups (broad SMARTS) is 1. The number of methoxy groups -OCH3 is 1. The second-order valence-electron chi connectivity index (χ2n) is 11.7. The van der Waals surface area contributed by atoms with Crippen LogP contribution in [0.3, 0.4) is 0 Å². The van der Waals surface area contributed by atoms with Crippen molar-refractivity contribution in [3.63, 3.8) is 0 Å². The first-order valence-electron chi connectivity index (χ1n) is 15.7. The molecule has 13 heteroatoms. The van der Waals surface area contributed by atoms with E-state index in [0.29, 0.717) is 47.1 Å². The van der Waals surface area contributed by atoms with E-state index in [1.54, 1.807) is 53.5 Å². The van der Waals surface area contributed by atoms with E-state index in [2.05, 4.69) is 31.9 Å². The third-order valence-electron chi connectivity index (χ3n) is 8.29. The minimum atomic E-state index is -1.07. The number of fused-ring (bicyclic) bond motifs is 1. The molecule has 1 fully saturated rings. The third kappa shape index (κ3) is 6.87. The minimum Gasteiger partial charge on any atom is -0.481 e. The van der Waals surface area contributed by atoms with E-state index < -0.39 is 17.6 Å². The Morgan fingerprint density at radius 2 is 1.90 bits per heavy atom. The molecular formula is C37H30F2N6O5.